The first-order valence-corrected chi connectivity index (χ1v) is 5.15. The van der Waals surface area contributed by atoms with Gasteiger partial charge < -0.3 is 0 Å². The minimum Gasteiger partial charge on any atom is -0.0761 e. The Kier molecular flexibility index (Phi) is 5.28. The standard InChI is InChI=1S/C14H16/c1-2-3-4-5-6-8-11-14-12-9-7-10-13-14/h5-7,9-10,12-13H,2-4H2,1H3/b6-5+. The second kappa shape index (κ2) is 6.97. The molecule has 0 bridgehead atoms. The summed E-state index contributed by atoms with van der Waals surface area (Å²) in [5.74, 6) is 6.11. The molecule has 0 spiro atoms. The van der Waals surface area contributed by atoms with Crippen LogP contribution in [0.25, 0.3) is 0 Å². The molecule has 0 amide bonds. The van der Waals surface area contributed by atoms with Gasteiger partial charge in [-0.05, 0) is 24.6 Å². The van der Waals surface area contributed by atoms with Crippen LogP contribution in [0.3, 0.4) is 0 Å². The van der Waals surface area contributed by atoms with Crippen LogP contribution in [0.1, 0.15) is 31.7 Å². The number of benzene rings is 1. The fraction of sp³-hybridized carbons (Fsp3) is 0.286. The molecule has 0 heteroatoms. The molecule has 0 aliphatic heterocycles. The molecule has 1 rings (SSSR count). The maximum Gasteiger partial charge on any atom is 0.0248 e. The van der Waals surface area contributed by atoms with Gasteiger partial charge in [0.1, 0.15) is 0 Å². The van der Waals surface area contributed by atoms with Crippen LogP contribution < -0.4 is 0 Å². The number of hydrogen-bond donors (Lipinski definition) is 0. The average molecular weight is 184 g/mol. The van der Waals surface area contributed by atoms with Crippen LogP contribution in [0.5, 0.6) is 0 Å². The Morgan fingerprint density at radius 3 is 2.71 bits per heavy atom. The van der Waals surface area contributed by atoms with Gasteiger partial charge in [0.25, 0.3) is 0 Å². The summed E-state index contributed by atoms with van der Waals surface area (Å²) in [6.07, 6.45) is 7.72. The zero-order chi connectivity index (χ0) is 10.1. The van der Waals surface area contributed by atoms with E-state index in [9.17, 15) is 0 Å². The predicted molar refractivity (Wildman–Crippen MR) is 62.0 cm³/mol. The highest BCUT2D eigenvalue weighted by Crippen LogP contribution is 1.96. The monoisotopic (exact) mass is 184 g/mol. The third-order valence-corrected chi connectivity index (χ3v) is 1.92. The van der Waals surface area contributed by atoms with E-state index < -0.39 is 0 Å². The molecule has 0 radical (unpaired) electrons. The summed E-state index contributed by atoms with van der Waals surface area (Å²) in [6, 6.07) is 10.1. The first-order chi connectivity index (χ1) is 6.93. The Morgan fingerprint density at radius 1 is 1.21 bits per heavy atom. The number of allylic oxidation sites excluding steroid dienone is 2. The lowest BCUT2D eigenvalue weighted by Crippen LogP contribution is -1.69. The summed E-state index contributed by atoms with van der Waals surface area (Å²) in [6.45, 7) is 2.20. The van der Waals surface area contributed by atoms with Crippen molar-refractivity contribution in [3.05, 3.63) is 48.0 Å². The molecular weight excluding hydrogens is 168 g/mol. The molecule has 0 fully saturated rings. The molecule has 14 heavy (non-hydrogen) atoms. The van der Waals surface area contributed by atoms with E-state index in [1.807, 2.05) is 36.4 Å². The van der Waals surface area contributed by atoms with Crippen LogP contribution >= 0.6 is 0 Å². The van der Waals surface area contributed by atoms with E-state index in [1.54, 1.807) is 0 Å². The molecule has 0 nitrogen and oxygen atoms in total. The normalized spacial score (nSPS) is 9.79. The largest absolute Gasteiger partial charge is 0.0761 e. The van der Waals surface area contributed by atoms with Crippen LogP contribution in [-0.4, -0.2) is 0 Å². The van der Waals surface area contributed by atoms with Gasteiger partial charge in [0.2, 0.25) is 0 Å². The quantitative estimate of drug-likeness (QED) is 0.495. The number of hydrogen-bond acceptors (Lipinski definition) is 0. The average Bonchev–Trinajstić information content (AvgIpc) is 2.25. The van der Waals surface area contributed by atoms with Gasteiger partial charge in [0.05, 0.1) is 0 Å². The molecule has 1 aromatic rings. The van der Waals surface area contributed by atoms with Gasteiger partial charge in [0, 0.05) is 5.56 Å². The molecule has 0 N–H and O–H groups in total. The Morgan fingerprint density at radius 2 is 2.00 bits per heavy atom. The van der Waals surface area contributed by atoms with Crippen LogP contribution in [0.15, 0.2) is 42.5 Å². The van der Waals surface area contributed by atoms with Crippen LogP contribution in [-0.2, 0) is 0 Å². The van der Waals surface area contributed by atoms with Gasteiger partial charge >= 0.3 is 0 Å². The van der Waals surface area contributed by atoms with Crippen LogP contribution in [0, 0.1) is 11.8 Å². The third kappa shape index (κ3) is 4.52. The molecule has 0 atom stereocenters. The van der Waals surface area contributed by atoms with Crippen molar-refractivity contribution in [2.24, 2.45) is 0 Å². The fourth-order valence-corrected chi connectivity index (χ4v) is 1.11. The Bertz CT molecular complexity index is 322. The maximum absolute atomic E-state index is 3.08. The number of rotatable bonds is 3. The summed E-state index contributed by atoms with van der Waals surface area (Å²) in [5, 5.41) is 0. The van der Waals surface area contributed by atoms with E-state index in [2.05, 4.69) is 24.8 Å². The van der Waals surface area contributed by atoms with E-state index in [0.717, 1.165) is 12.0 Å². The Hall–Kier alpha value is -1.48. The summed E-state index contributed by atoms with van der Waals surface area (Å²) >= 11 is 0. The van der Waals surface area contributed by atoms with E-state index in [4.69, 9.17) is 0 Å². The highest BCUT2D eigenvalue weighted by atomic mass is 13.8. The van der Waals surface area contributed by atoms with Gasteiger partial charge in [-0.15, -0.1) is 0 Å². The maximum atomic E-state index is 3.08. The summed E-state index contributed by atoms with van der Waals surface area (Å²) in [7, 11) is 0. The van der Waals surface area contributed by atoms with E-state index in [1.165, 1.54) is 12.8 Å². The highest BCUT2D eigenvalue weighted by molar-refractivity contribution is 5.36. The molecule has 0 aliphatic rings. The lowest BCUT2D eigenvalue weighted by Gasteiger charge is -1.85. The van der Waals surface area contributed by atoms with E-state index in [-0.39, 0.29) is 0 Å². The topological polar surface area (TPSA) is 0 Å². The molecular formula is C14H16. The number of unbranched alkanes of at least 4 members (excludes halogenated alkanes) is 2. The van der Waals surface area contributed by atoms with Crippen molar-refractivity contribution in [2.45, 2.75) is 26.2 Å². The summed E-state index contributed by atoms with van der Waals surface area (Å²) in [4.78, 5) is 0. The van der Waals surface area contributed by atoms with Gasteiger partial charge in [-0.1, -0.05) is 55.9 Å². The zero-order valence-electron chi connectivity index (χ0n) is 8.66. The second-order valence-corrected chi connectivity index (χ2v) is 3.18. The van der Waals surface area contributed by atoms with Gasteiger partial charge in [-0.2, -0.15) is 0 Å². The SMILES string of the molecule is CCCC/C=C/C#Cc1ccccc1. The Labute approximate surface area is 86.7 Å². The minimum absolute atomic E-state index is 1.08. The molecule has 0 saturated heterocycles. The second-order valence-electron chi connectivity index (χ2n) is 3.18. The van der Waals surface area contributed by atoms with Gasteiger partial charge in [-0.3, -0.25) is 0 Å². The predicted octanol–water partition coefficient (Wildman–Crippen LogP) is 3.78. The molecule has 1 aromatic carbocycles. The summed E-state index contributed by atoms with van der Waals surface area (Å²) < 4.78 is 0. The van der Waals surface area contributed by atoms with Crippen molar-refractivity contribution in [3.8, 4) is 11.8 Å². The van der Waals surface area contributed by atoms with Crippen molar-refractivity contribution in [1.82, 2.24) is 0 Å². The smallest absolute Gasteiger partial charge is 0.0248 e. The molecule has 0 heterocycles. The molecule has 0 aromatic heterocycles. The Balaban J connectivity index is 2.37. The first-order valence-electron chi connectivity index (χ1n) is 5.15. The van der Waals surface area contributed by atoms with Crippen LogP contribution in [0.4, 0.5) is 0 Å². The van der Waals surface area contributed by atoms with Gasteiger partial charge in [0.15, 0.2) is 0 Å². The fourth-order valence-electron chi connectivity index (χ4n) is 1.11. The zero-order valence-corrected chi connectivity index (χ0v) is 8.66. The molecule has 0 aliphatic carbocycles. The van der Waals surface area contributed by atoms with E-state index in [0.29, 0.717) is 0 Å². The van der Waals surface area contributed by atoms with Gasteiger partial charge in [-0.25, -0.2) is 0 Å². The van der Waals surface area contributed by atoms with Crippen molar-refractivity contribution in [1.29, 1.82) is 0 Å². The minimum atomic E-state index is 1.08. The van der Waals surface area contributed by atoms with Crippen molar-refractivity contribution in [2.75, 3.05) is 0 Å². The van der Waals surface area contributed by atoms with Crippen molar-refractivity contribution >= 4 is 0 Å². The van der Waals surface area contributed by atoms with Crippen molar-refractivity contribution < 1.29 is 0 Å². The lowest BCUT2D eigenvalue weighted by molar-refractivity contribution is 0.815. The van der Waals surface area contributed by atoms with E-state index >= 15 is 0 Å². The van der Waals surface area contributed by atoms with Crippen molar-refractivity contribution in [3.63, 3.8) is 0 Å². The molecule has 0 saturated carbocycles. The molecule has 72 valence electrons. The third-order valence-electron chi connectivity index (χ3n) is 1.92. The van der Waals surface area contributed by atoms with Crippen LogP contribution in [0.2, 0.25) is 0 Å². The lowest BCUT2D eigenvalue weighted by atomic mass is 10.2. The summed E-state index contributed by atoms with van der Waals surface area (Å²) in [5.41, 5.74) is 1.08. The first kappa shape index (κ1) is 10.6. The molecule has 0 unspecified atom stereocenters. The highest BCUT2D eigenvalue weighted by Gasteiger charge is 1.79.